The summed E-state index contributed by atoms with van der Waals surface area (Å²) in [5, 5.41) is 2.82. The zero-order valence-electron chi connectivity index (χ0n) is 18.3. The van der Waals surface area contributed by atoms with Gasteiger partial charge < -0.3 is 5.32 Å². The summed E-state index contributed by atoms with van der Waals surface area (Å²) < 4.78 is 27.1. The van der Waals surface area contributed by atoms with Gasteiger partial charge in [0.15, 0.2) is 0 Å². The Morgan fingerprint density at radius 3 is 2.31 bits per heavy atom. The standard InChI is InChI=1S/C25H27N3O3S/c1-18-6-7-19(2)23(16-18)24-13-10-21(17-26-24)27-25(29)20-8-11-22(12-9-20)32(30,31)28-14-4-3-5-15-28/h6-13,16-17H,3-5,14-15H2,1-2H3,(H,27,29). The number of carbonyl (C=O) groups is 1. The largest absolute Gasteiger partial charge is 0.321 e. The minimum atomic E-state index is -3.51. The number of nitrogens with zero attached hydrogens (tertiary/aromatic N) is 2. The molecule has 2 heterocycles. The number of rotatable bonds is 5. The smallest absolute Gasteiger partial charge is 0.255 e. The molecule has 3 aromatic rings. The first kappa shape index (κ1) is 22.2. The minimum absolute atomic E-state index is 0.218. The highest BCUT2D eigenvalue weighted by atomic mass is 32.2. The maximum Gasteiger partial charge on any atom is 0.255 e. The van der Waals surface area contributed by atoms with E-state index in [1.54, 1.807) is 18.3 Å². The van der Waals surface area contributed by atoms with Gasteiger partial charge in [-0.3, -0.25) is 9.78 Å². The van der Waals surface area contributed by atoms with Crippen LogP contribution in [-0.2, 0) is 10.0 Å². The maximum absolute atomic E-state index is 12.8. The molecule has 1 aromatic heterocycles. The van der Waals surface area contributed by atoms with E-state index >= 15 is 0 Å². The van der Waals surface area contributed by atoms with Crippen LogP contribution in [0.3, 0.4) is 0 Å². The van der Waals surface area contributed by atoms with Crippen molar-refractivity contribution in [3.8, 4) is 11.3 Å². The maximum atomic E-state index is 12.8. The number of carbonyl (C=O) groups excluding carboxylic acids is 1. The second-order valence-electron chi connectivity index (χ2n) is 8.19. The van der Waals surface area contributed by atoms with Gasteiger partial charge in [0.2, 0.25) is 10.0 Å². The highest BCUT2D eigenvalue weighted by molar-refractivity contribution is 7.89. The third-order valence-electron chi connectivity index (χ3n) is 5.76. The second kappa shape index (κ2) is 9.22. The number of aromatic nitrogens is 1. The summed E-state index contributed by atoms with van der Waals surface area (Å²) in [4.78, 5) is 17.3. The van der Waals surface area contributed by atoms with Gasteiger partial charge >= 0.3 is 0 Å². The van der Waals surface area contributed by atoms with Gasteiger partial charge in [-0.05, 0) is 74.7 Å². The van der Waals surface area contributed by atoms with E-state index in [1.165, 1.54) is 16.4 Å². The summed E-state index contributed by atoms with van der Waals surface area (Å²) in [6, 6.07) is 16.0. The van der Waals surface area contributed by atoms with Crippen LogP contribution in [0.4, 0.5) is 5.69 Å². The lowest BCUT2D eigenvalue weighted by molar-refractivity contribution is 0.102. The third kappa shape index (κ3) is 4.74. The third-order valence-corrected chi connectivity index (χ3v) is 7.67. The van der Waals surface area contributed by atoms with Crippen LogP contribution >= 0.6 is 0 Å². The highest BCUT2D eigenvalue weighted by Crippen LogP contribution is 2.24. The molecule has 0 spiro atoms. The predicted molar refractivity (Wildman–Crippen MR) is 126 cm³/mol. The summed E-state index contributed by atoms with van der Waals surface area (Å²) in [6.07, 6.45) is 4.46. The lowest BCUT2D eigenvalue weighted by atomic mass is 10.0. The van der Waals surface area contributed by atoms with Gasteiger partial charge in [0.05, 0.1) is 22.5 Å². The average Bonchev–Trinajstić information content (AvgIpc) is 2.82. The first-order valence-corrected chi connectivity index (χ1v) is 12.2. The second-order valence-corrected chi connectivity index (χ2v) is 10.1. The van der Waals surface area contributed by atoms with E-state index < -0.39 is 10.0 Å². The van der Waals surface area contributed by atoms with E-state index in [2.05, 4.69) is 28.5 Å². The SMILES string of the molecule is Cc1ccc(C)c(-c2ccc(NC(=O)c3ccc(S(=O)(=O)N4CCCCC4)cc3)cn2)c1. The van der Waals surface area contributed by atoms with Crippen molar-refractivity contribution in [3.05, 3.63) is 77.5 Å². The van der Waals surface area contributed by atoms with Crippen LogP contribution < -0.4 is 5.32 Å². The van der Waals surface area contributed by atoms with Gasteiger partial charge in [-0.25, -0.2) is 8.42 Å². The Hall–Kier alpha value is -3.03. The molecule has 0 bridgehead atoms. The molecule has 1 aliphatic rings. The van der Waals surface area contributed by atoms with Gasteiger partial charge in [-0.2, -0.15) is 4.31 Å². The van der Waals surface area contributed by atoms with E-state index in [-0.39, 0.29) is 10.8 Å². The lowest BCUT2D eigenvalue weighted by Crippen LogP contribution is -2.35. The molecule has 1 aliphatic heterocycles. The average molecular weight is 450 g/mol. The molecule has 1 fully saturated rings. The summed E-state index contributed by atoms with van der Waals surface area (Å²) in [7, 11) is -3.51. The molecule has 2 aromatic carbocycles. The molecule has 1 N–H and O–H groups in total. The fourth-order valence-corrected chi connectivity index (χ4v) is 5.39. The number of benzene rings is 2. The Balaban J connectivity index is 1.45. The normalized spacial score (nSPS) is 14.8. The molecule has 0 unspecified atom stereocenters. The van der Waals surface area contributed by atoms with Crippen molar-refractivity contribution in [2.45, 2.75) is 38.0 Å². The number of anilines is 1. The Labute approximate surface area is 189 Å². The van der Waals surface area contributed by atoms with E-state index in [4.69, 9.17) is 0 Å². The quantitative estimate of drug-likeness (QED) is 0.607. The molecular weight excluding hydrogens is 422 g/mol. The predicted octanol–water partition coefficient (Wildman–Crippen LogP) is 4.79. The van der Waals surface area contributed by atoms with Crippen molar-refractivity contribution in [2.24, 2.45) is 0 Å². The number of hydrogen-bond acceptors (Lipinski definition) is 4. The van der Waals surface area contributed by atoms with E-state index in [0.717, 1.165) is 41.6 Å². The van der Waals surface area contributed by atoms with Crippen molar-refractivity contribution >= 4 is 21.6 Å². The van der Waals surface area contributed by atoms with Gasteiger partial charge in [-0.1, -0.05) is 24.1 Å². The molecular formula is C25H27N3O3S. The van der Waals surface area contributed by atoms with Crippen LogP contribution in [0.2, 0.25) is 0 Å². The zero-order valence-corrected chi connectivity index (χ0v) is 19.2. The van der Waals surface area contributed by atoms with Crippen LogP contribution in [0, 0.1) is 13.8 Å². The van der Waals surface area contributed by atoms with Crippen LogP contribution in [0.25, 0.3) is 11.3 Å². The van der Waals surface area contributed by atoms with Crippen LogP contribution in [-0.4, -0.2) is 36.7 Å². The van der Waals surface area contributed by atoms with Crippen LogP contribution in [0.5, 0.6) is 0 Å². The number of piperidine rings is 1. The van der Waals surface area contributed by atoms with Gasteiger partial charge in [0, 0.05) is 24.2 Å². The monoisotopic (exact) mass is 449 g/mol. The zero-order chi connectivity index (χ0) is 22.7. The number of sulfonamides is 1. The first-order valence-electron chi connectivity index (χ1n) is 10.8. The topological polar surface area (TPSA) is 79.4 Å². The molecule has 1 amide bonds. The molecule has 166 valence electrons. The molecule has 7 heteroatoms. The summed E-state index contributed by atoms with van der Waals surface area (Å²) in [5.74, 6) is -0.312. The highest BCUT2D eigenvalue weighted by Gasteiger charge is 2.25. The van der Waals surface area contributed by atoms with Crippen LogP contribution in [0.1, 0.15) is 40.7 Å². The van der Waals surface area contributed by atoms with E-state index in [0.29, 0.717) is 24.3 Å². The molecule has 1 saturated heterocycles. The molecule has 0 radical (unpaired) electrons. The molecule has 0 aliphatic carbocycles. The van der Waals surface area contributed by atoms with Crippen molar-refractivity contribution < 1.29 is 13.2 Å². The molecule has 32 heavy (non-hydrogen) atoms. The molecule has 0 atom stereocenters. The number of amides is 1. The first-order chi connectivity index (χ1) is 15.3. The van der Waals surface area contributed by atoms with Crippen molar-refractivity contribution in [1.29, 1.82) is 0 Å². The van der Waals surface area contributed by atoms with E-state index in [1.807, 2.05) is 26.0 Å². The summed E-state index contributed by atoms with van der Waals surface area (Å²) >= 11 is 0. The molecule has 4 rings (SSSR count). The van der Waals surface area contributed by atoms with Gasteiger partial charge in [0.1, 0.15) is 0 Å². The number of pyridine rings is 1. The number of hydrogen-bond donors (Lipinski definition) is 1. The van der Waals surface area contributed by atoms with Gasteiger partial charge in [-0.15, -0.1) is 0 Å². The minimum Gasteiger partial charge on any atom is -0.321 e. The lowest BCUT2D eigenvalue weighted by Gasteiger charge is -2.25. The summed E-state index contributed by atoms with van der Waals surface area (Å²) in [5.41, 5.74) is 5.18. The Kier molecular flexibility index (Phi) is 6.39. The summed E-state index contributed by atoms with van der Waals surface area (Å²) in [6.45, 7) is 5.19. The molecule has 6 nitrogen and oxygen atoms in total. The van der Waals surface area contributed by atoms with Gasteiger partial charge in [0.25, 0.3) is 5.91 Å². The Bertz CT molecular complexity index is 1210. The molecule has 0 saturated carbocycles. The van der Waals surface area contributed by atoms with E-state index in [9.17, 15) is 13.2 Å². The number of nitrogens with one attached hydrogen (secondary N) is 1. The van der Waals surface area contributed by atoms with Crippen molar-refractivity contribution in [1.82, 2.24) is 9.29 Å². The fraction of sp³-hybridized carbons (Fsp3) is 0.280. The van der Waals surface area contributed by atoms with Crippen molar-refractivity contribution in [3.63, 3.8) is 0 Å². The Morgan fingerprint density at radius 1 is 0.938 bits per heavy atom. The van der Waals surface area contributed by atoms with Crippen LogP contribution in [0.15, 0.2) is 65.7 Å². The fourth-order valence-electron chi connectivity index (χ4n) is 3.87. The number of aryl methyl sites for hydroxylation is 2. The Morgan fingerprint density at radius 2 is 1.66 bits per heavy atom. The van der Waals surface area contributed by atoms with Crippen molar-refractivity contribution in [2.75, 3.05) is 18.4 Å².